The van der Waals surface area contributed by atoms with Crippen molar-refractivity contribution >= 4 is 23.2 Å². The molecule has 0 aliphatic heterocycles. The number of ether oxygens (including phenoxy) is 1. The number of halogens is 1. The Balaban J connectivity index is 1.31. The zero-order chi connectivity index (χ0) is 23.0. The Bertz CT molecular complexity index is 1090. The van der Waals surface area contributed by atoms with Crippen LogP contribution in [0.4, 0.5) is 4.39 Å². The molecule has 1 fully saturated rings. The lowest BCUT2D eigenvalue weighted by Gasteiger charge is -2.32. The largest absolute Gasteiger partial charge is 0.483 e. The van der Waals surface area contributed by atoms with Gasteiger partial charge < -0.3 is 15.4 Å². The monoisotopic (exact) mass is 467 g/mol. The number of nitrogens with zero attached hydrogens (tertiary/aromatic N) is 1. The van der Waals surface area contributed by atoms with Gasteiger partial charge in [0.1, 0.15) is 17.3 Å². The Morgan fingerprint density at radius 3 is 2.45 bits per heavy atom. The molecule has 1 saturated carbocycles. The average molecular weight is 468 g/mol. The van der Waals surface area contributed by atoms with E-state index in [1.54, 1.807) is 23.6 Å². The van der Waals surface area contributed by atoms with Crippen LogP contribution in [-0.4, -0.2) is 28.9 Å². The quantitative estimate of drug-likeness (QED) is 0.519. The molecular weight excluding hydrogens is 441 g/mol. The Hall–Kier alpha value is -3.26. The number of carbonyl (C=O) groups is 2. The second-order valence-corrected chi connectivity index (χ2v) is 8.99. The van der Waals surface area contributed by atoms with E-state index >= 15 is 0 Å². The maximum atomic E-state index is 13.7. The molecule has 2 aromatic carbocycles. The topological polar surface area (TPSA) is 80.3 Å². The van der Waals surface area contributed by atoms with E-state index in [0.717, 1.165) is 31.2 Å². The van der Waals surface area contributed by atoms with Gasteiger partial charge in [-0.25, -0.2) is 9.37 Å². The molecule has 1 heterocycles. The van der Waals surface area contributed by atoms with Crippen LogP contribution >= 0.6 is 11.3 Å². The Labute approximate surface area is 196 Å². The molecule has 2 amide bonds. The lowest BCUT2D eigenvalue weighted by molar-refractivity contribution is -0.121. The molecule has 2 atom stereocenters. The first-order valence-electron chi connectivity index (χ1n) is 11.0. The Morgan fingerprint density at radius 2 is 1.70 bits per heavy atom. The second-order valence-electron chi connectivity index (χ2n) is 8.05. The van der Waals surface area contributed by atoms with E-state index in [1.165, 1.54) is 17.4 Å². The minimum Gasteiger partial charge on any atom is -0.483 e. The summed E-state index contributed by atoms with van der Waals surface area (Å²) in [5.74, 6) is -0.620. The fraction of sp³-hybridized carbons (Fsp3) is 0.320. The van der Waals surface area contributed by atoms with Crippen LogP contribution < -0.4 is 15.4 Å². The highest BCUT2D eigenvalue weighted by molar-refractivity contribution is 7.09. The zero-order valence-corrected chi connectivity index (χ0v) is 18.9. The van der Waals surface area contributed by atoms with Crippen LogP contribution in [0.2, 0.25) is 0 Å². The molecule has 4 rings (SSSR count). The van der Waals surface area contributed by atoms with Crippen LogP contribution in [0.3, 0.4) is 0 Å². The summed E-state index contributed by atoms with van der Waals surface area (Å²) < 4.78 is 19.2. The van der Waals surface area contributed by atoms with Crippen LogP contribution in [-0.2, 0) is 17.8 Å². The summed E-state index contributed by atoms with van der Waals surface area (Å²) in [5, 5.41) is 8.39. The van der Waals surface area contributed by atoms with Gasteiger partial charge in [-0.1, -0.05) is 55.3 Å². The third kappa shape index (κ3) is 6.38. The van der Waals surface area contributed by atoms with Crippen molar-refractivity contribution in [1.29, 1.82) is 0 Å². The zero-order valence-electron chi connectivity index (χ0n) is 18.1. The third-order valence-electron chi connectivity index (χ3n) is 5.61. The molecule has 0 bridgehead atoms. The molecule has 3 aromatic rings. The van der Waals surface area contributed by atoms with Crippen LogP contribution in [0.25, 0.3) is 0 Å². The summed E-state index contributed by atoms with van der Waals surface area (Å²) >= 11 is 1.29. The first-order chi connectivity index (χ1) is 16.1. The predicted octanol–water partition coefficient (Wildman–Crippen LogP) is 4.26. The number of rotatable bonds is 8. The van der Waals surface area contributed by atoms with E-state index in [4.69, 9.17) is 4.74 Å². The molecule has 6 nitrogen and oxygen atoms in total. The number of aromatic nitrogens is 1. The van der Waals surface area contributed by atoms with E-state index < -0.39 is 5.82 Å². The molecule has 1 aromatic heterocycles. The molecule has 8 heteroatoms. The van der Waals surface area contributed by atoms with Crippen molar-refractivity contribution in [3.8, 4) is 5.75 Å². The first-order valence-corrected chi connectivity index (χ1v) is 11.9. The fourth-order valence-corrected chi connectivity index (χ4v) is 4.63. The van der Waals surface area contributed by atoms with Crippen molar-refractivity contribution in [1.82, 2.24) is 15.6 Å². The van der Waals surface area contributed by atoms with Crippen molar-refractivity contribution in [2.24, 2.45) is 0 Å². The van der Waals surface area contributed by atoms with Gasteiger partial charge in [-0.15, -0.1) is 11.3 Å². The molecule has 1 aliphatic carbocycles. The van der Waals surface area contributed by atoms with Crippen molar-refractivity contribution in [2.45, 2.75) is 50.8 Å². The van der Waals surface area contributed by atoms with Gasteiger partial charge in [0.2, 0.25) is 5.91 Å². The van der Waals surface area contributed by atoms with Crippen LogP contribution in [0.5, 0.6) is 5.75 Å². The van der Waals surface area contributed by atoms with Crippen molar-refractivity contribution < 1.29 is 18.7 Å². The Morgan fingerprint density at radius 1 is 1.00 bits per heavy atom. The van der Waals surface area contributed by atoms with Gasteiger partial charge in [0.05, 0.1) is 6.42 Å². The number of carbonyl (C=O) groups excluding carboxylic acids is 2. The average Bonchev–Trinajstić information content (AvgIpc) is 3.30. The molecule has 0 unspecified atom stereocenters. The van der Waals surface area contributed by atoms with E-state index in [1.807, 2.05) is 30.3 Å². The fourth-order valence-electron chi connectivity index (χ4n) is 3.94. The highest BCUT2D eigenvalue weighted by atomic mass is 32.1. The van der Waals surface area contributed by atoms with E-state index in [0.29, 0.717) is 17.1 Å². The normalized spacial score (nSPS) is 17.8. The number of hydrogen-bond donors (Lipinski definition) is 2. The lowest BCUT2D eigenvalue weighted by Crippen LogP contribution is -2.53. The number of amides is 2. The SMILES string of the molecule is O=C(Cc1ccccc1)N[C@@H]1CCCC[C@H]1NC(=O)c1csc(COc2ccccc2F)n1. The lowest BCUT2D eigenvalue weighted by atomic mass is 9.90. The third-order valence-corrected chi connectivity index (χ3v) is 6.43. The van der Waals surface area contributed by atoms with Gasteiger partial charge in [0.25, 0.3) is 5.91 Å². The predicted molar refractivity (Wildman–Crippen MR) is 125 cm³/mol. The van der Waals surface area contributed by atoms with Gasteiger partial charge in [-0.3, -0.25) is 9.59 Å². The first kappa shape index (κ1) is 22.9. The number of thiazole rings is 1. The van der Waals surface area contributed by atoms with E-state index in [2.05, 4.69) is 15.6 Å². The summed E-state index contributed by atoms with van der Waals surface area (Å²) in [6.45, 7) is 0.0838. The molecule has 33 heavy (non-hydrogen) atoms. The molecule has 172 valence electrons. The smallest absolute Gasteiger partial charge is 0.271 e. The van der Waals surface area contributed by atoms with Gasteiger partial charge in [-0.2, -0.15) is 0 Å². The number of para-hydroxylation sites is 1. The number of benzene rings is 2. The van der Waals surface area contributed by atoms with Gasteiger partial charge in [0, 0.05) is 17.5 Å². The summed E-state index contributed by atoms with van der Waals surface area (Å²) in [6, 6.07) is 15.5. The van der Waals surface area contributed by atoms with Crippen molar-refractivity contribution in [2.75, 3.05) is 0 Å². The summed E-state index contributed by atoms with van der Waals surface area (Å²) in [5.41, 5.74) is 1.26. The van der Waals surface area contributed by atoms with Crippen molar-refractivity contribution in [3.63, 3.8) is 0 Å². The second kappa shape index (κ2) is 11.0. The Kier molecular flexibility index (Phi) is 7.67. The van der Waals surface area contributed by atoms with Crippen LogP contribution in [0.1, 0.15) is 46.7 Å². The van der Waals surface area contributed by atoms with Crippen LogP contribution in [0.15, 0.2) is 60.0 Å². The van der Waals surface area contributed by atoms with Gasteiger partial charge >= 0.3 is 0 Å². The molecule has 0 spiro atoms. The highest BCUT2D eigenvalue weighted by Crippen LogP contribution is 2.21. The highest BCUT2D eigenvalue weighted by Gasteiger charge is 2.28. The number of nitrogens with one attached hydrogen (secondary N) is 2. The minimum absolute atomic E-state index is 0.0476. The minimum atomic E-state index is -0.440. The van der Waals surface area contributed by atoms with Gasteiger partial charge in [0.15, 0.2) is 11.6 Å². The molecule has 0 saturated heterocycles. The number of hydrogen-bond acceptors (Lipinski definition) is 5. The summed E-state index contributed by atoms with van der Waals surface area (Å²) in [7, 11) is 0. The molecule has 0 radical (unpaired) electrons. The maximum Gasteiger partial charge on any atom is 0.271 e. The van der Waals surface area contributed by atoms with E-state index in [-0.39, 0.29) is 36.3 Å². The maximum absolute atomic E-state index is 13.7. The summed E-state index contributed by atoms with van der Waals surface area (Å²) in [6.07, 6.45) is 3.95. The van der Waals surface area contributed by atoms with Crippen LogP contribution in [0, 0.1) is 5.82 Å². The standard InChI is InChI=1S/C25H26FN3O3S/c26-18-10-4-7-13-22(18)32-15-24-28-21(16-33-24)25(31)29-20-12-6-5-11-19(20)27-23(30)14-17-8-2-1-3-9-17/h1-4,7-10,13,16,19-20H,5-6,11-12,14-15H2,(H,27,30)(H,29,31)/t19-,20-/m1/s1. The molecular formula is C25H26FN3O3S. The molecule has 2 N–H and O–H groups in total. The summed E-state index contributed by atoms with van der Waals surface area (Å²) in [4.78, 5) is 29.7. The van der Waals surface area contributed by atoms with E-state index in [9.17, 15) is 14.0 Å². The van der Waals surface area contributed by atoms with Crippen molar-refractivity contribution in [3.05, 3.63) is 82.1 Å². The van der Waals surface area contributed by atoms with Gasteiger partial charge in [-0.05, 0) is 30.5 Å². The molecule has 1 aliphatic rings.